The van der Waals surface area contributed by atoms with Crippen LogP contribution in [-0.2, 0) is 10.0 Å². The van der Waals surface area contributed by atoms with Crippen LogP contribution in [0.1, 0.15) is 10.4 Å². The fraction of sp³-hybridized carbons (Fsp3) is 0. The first-order valence-electron chi connectivity index (χ1n) is 7.19. The first kappa shape index (κ1) is 18.6. The highest BCUT2D eigenvalue weighted by atomic mass is 79.9. The van der Waals surface area contributed by atoms with E-state index in [9.17, 15) is 13.2 Å². The summed E-state index contributed by atoms with van der Waals surface area (Å²) >= 11 is 9.28. The van der Waals surface area contributed by atoms with Crippen molar-refractivity contribution in [1.29, 1.82) is 0 Å². The van der Waals surface area contributed by atoms with Crippen LogP contribution in [0.5, 0.6) is 0 Å². The molecule has 0 radical (unpaired) electrons. The Morgan fingerprint density at radius 1 is 1.23 bits per heavy atom. The first-order valence-corrected chi connectivity index (χ1v) is 9.91. The molecule has 0 spiro atoms. The number of hydrogen-bond acceptors (Lipinski definition) is 4. The minimum absolute atomic E-state index is 0.114. The lowest BCUT2D eigenvalue weighted by Crippen LogP contribution is -2.17. The van der Waals surface area contributed by atoms with Crippen molar-refractivity contribution in [2.75, 3.05) is 5.32 Å². The van der Waals surface area contributed by atoms with Gasteiger partial charge >= 0.3 is 0 Å². The van der Waals surface area contributed by atoms with Gasteiger partial charge in [-0.1, -0.05) is 11.6 Å². The Hall–Kier alpha value is -2.20. The van der Waals surface area contributed by atoms with Crippen LogP contribution >= 0.6 is 27.5 Å². The van der Waals surface area contributed by atoms with Gasteiger partial charge < -0.3 is 5.32 Å². The van der Waals surface area contributed by atoms with Crippen molar-refractivity contribution < 1.29 is 13.2 Å². The van der Waals surface area contributed by atoms with E-state index in [1.807, 2.05) is 0 Å². The SMILES string of the molecule is NS(=O)(=O)c1ccc(Br)c(C(=O)Nc2cc(Cl)ccc2-n2cccn2)c1. The largest absolute Gasteiger partial charge is 0.320 e. The Morgan fingerprint density at radius 2 is 2.00 bits per heavy atom. The van der Waals surface area contributed by atoms with E-state index in [-0.39, 0.29) is 10.5 Å². The monoisotopic (exact) mass is 454 g/mol. The van der Waals surface area contributed by atoms with Crippen LogP contribution in [0.2, 0.25) is 5.02 Å². The molecule has 1 heterocycles. The van der Waals surface area contributed by atoms with Crippen LogP contribution in [-0.4, -0.2) is 24.1 Å². The predicted molar refractivity (Wildman–Crippen MR) is 102 cm³/mol. The number of anilines is 1. The smallest absolute Gasteiger partial charge is 0.256 e. The molecule has 2 aromatic carbocycles. The van der Waals surface area contributed by atoms with Crippen molar-refractivity contribution in [1.82, 2.24) is 9.78 Å². The fourth-order valence-corrected chi connectivity index (χ4v) is 3.40. The molecular formula is C16H12BrClN4O3S. The van der Waals surface area contributed by atoms with Gasteiger partial charge in [0.05, 0.1) is 21.8 Å². The Kier molecular flexibility index (Phi) is 5.15. The molecule has 0 saturated heterocycles. The standard InChI is InChI=1S/C16H12BrClN4O3S/c17-13-4-3-11(26(19,24)25)9-12(13)16(23)21-14-8-10(18)2-5-15(14)22-7-1-6-20-22/h1-9H,(H,21,23)(H2,19,24,25). The number of sulfonamides is 1. The third kappa shape index (κ3) is 3.96. The molecule has 3 aromatic rings. The van der Waals surface area contributed by atoms with Crippen LogP contribution in [0.3, 0.4) is 0 Å². The zero-order valence-corrected chi connectivity index (χ0v) is 16.2. The minimum Gasteiger partial charge on any atom is -0.320 e. The van der Waals surface area contributed by atoms with Crippen molar-refractivity contribution in [2.24, 2.45) is 5.14 Å². The normalized spacial score (nSPS) is 11.3. The molecule has 0 bridgehead atoms. The Bertz CT molecular complexity index is 1080. The molecule has 1 aromatic heterocycles. The summed E-state index contributed by atoms with van der Waals surface area (Å²) < 4.78 is 25.1. The average molecular weight is 456 g/mol. The van der Waals surface area contributed by atoms with Gasteiger partial charge in [0.1, 0.15) is 0 Å². The van der Waals surface area contributed by atoms with Crippen LogP contribution < -0.4 is 10.5 Å². The van der Waals surface area contributed by atoms with E-state index >= 15 is 0 Å². The number of nitrogens with one attached hydrogen (secondary N) is 1. The number of hydrogen-bond donors (Lipinski definition) is 2. The van der Waals surface area contributed by atoms with E-state index in [2.05, 4.69) is 26.3 Å². The lowest BCUT2D eigenvalue weighted by molar-refractivity contribution is 0.102. The van der Waals surface area contributed by atoms with Gasteiger partial charge in [0.15, 0.2) is 0 Å². The van der Waals surface area contributed by atoms with E-state index in [1.54, 1.807) is 41.3 Å². The van der Waals surface area contributed by atoms with Crippen LogP contribution in [0.25, 0.3) is 5.69 Å². The number of nitrogens with zero attached hydrogens (tertiary/aromatic N) is 2. The Labute approximate surface area is 163 Å². The number of halogens is 2. The molecule has 7 nitrogen and oxygen atoms in total. The number of carbonyl (C=O) groups excluding carboxylic acids is 1. The second-order valence-corrected chi connectivity index (χ2v) is 8.11. The van der Waals surface area contributed by atoms with Crippen molar-refractivity contribution in [2.45, 2.75) is 4.90 Å². The van der Waals surface area contributed by atoms with Crippen molar-refractivity contribution in [3.8, 4) is 5.69 Å². The molecule has 0 saturated carbocycles. The zero-order valence-electron chi connectivity index (χ0n) is 13.1. The highest BCUT2D eigenvalue weighted by Crippen LogP contribution is 2.26. The summed E-state index contributed by atoms with van der Waals surface area (Å²) in [7, 11) is -3.93. The number of aromatic nitrogens is 2. The molecule has 3 rings (SSSR count). The molecule has 0 aliphatic rings. The van der Waals surface area contributed by atoms with Crippen LogP contribution in [0.4, 0.5) is 5.69 Å². The van der Waals surface area contributed by atoms with E-state index < -0.39 is 15.9 Å². The third-order valence-corrected chi connectivity index (χ3v) is 5.31. The average Bonchev–Trinajstić information content (AvgIpc) is 3.08. The van der Waals surface area contributed by atoms with E-state index in [1.165, 1.54) is 18.2 Å². The number of amides is 1. The molecule has 0 atom stereocenters. The molecule has 0 fully saturated rings. The number of rotatable bonds is 4. The minimum atomic E-state index is -3.93. The quantitative estimate of drug-likeness (QED) is 0.630. The van der Waals surface area contributed by atoms with Gasteiger partial charge in [0.25, 0.3) is 5.91 Å². The highest BCUT2D eigenvalue weighted by Gasteiger charge is 2.17. The zero-order chi connectivity index (χ0) is 18.9. The summed E-state index contributed by atoms with van der Waals surface area (Å²) in [5.41, 5.74) is 1.13. The molecule has 1 amide bonds. The predicted octanol–water partition coefficient (Wildman–Crippen LogP) is 3.19. The molecule has 10 heteroatoms. The summed E-state index contributed by atoms with van der Waals surface area (Å²) in [4.78, 5) is 12.5. The number of carbonyl (C=O) groups is 1. The Morgan fingerprint density at radius 3 is 2.65 bits per heavy atom. The van der Waals surface area contributed by atoms with Gasteiger partial charge in [0, 0.05) is 21.9 Å². The maximum absolute atomic E-state index is 12.7. The lowest BCUT2D eigenvalue weighted by Gasteiger charge is -2.13. The molecule has 0 unspecified atom stereocenters. The van der Waals surface area contributed by atoms with Crippen LogP contribution in [0.15, 0.2) is 64.2 Å². The van der Waals surface area contributed by atoms with Gasteiger partial charge in [-0.25, -0.2) is 18.2 Å². The second kappa shape index (κ2) is 7.20. The van der Waals surface area contributed by atoms with Crippen molar-refractivity contribution >= 4 is 49.1 Å². The molecule has 0 aliphatic carbocycles. The number of primary sulfonamides is 1. The molecule has 3 N–H and O–H groups in total. The fourth-order valence-electron chi connectivity index (χ4n) is 2.26. The maximum Gasteiger partial charge on any atom is 0.256 e. The van der Waals surface area contributed by atoms with Crippen molar-refractivity contribution in [3.05, 3.63) is 69.9 Å². The van der Waals surface area contributed by atoms with E-state index in [4.69, 9.17) is 16.7 Å². The second-order valence-electron chi connectivity index (χ2n) is 5.25. The molecular weight excluding hydrogens is 444 g/mol. The molecule has 0 aliphatic heterocycles. The van der Waals surface area contributed by atoms with Gasteiger partial charge in [-0.3, -0.25) is 4.79 Å². The topological polar surface area (TPSA) is 107 Å². The van der Waals surface area contributed by atoms with Gasteiger partial charge in [-0.15, -0.1) is 0 Å². The summed E-state index contributed by atoms with van der Waals surface area (Å²) in [6.45, 7) is 0. The van der Waals surface area contributed by atoms with E-state index in [0.29, 0.717) is 20.9 Å². The van der Waals surface area contributed by atoms with Crippen molar-refractivity contribution in [3.63, 3.8) is 0 Å². The lowest BCUT2D eigenvalue weighted by atomic mass is 10.2. The highest BCUT2D eigenvalue weighted by molar-refractivity contribution is 9.10. The first-order chi connectivity index (χ1) is 12.3. The Balaban J connectivity index is 2.00. The summed E-state index contributed by atoms with van der Waals surface area (Å²) in [5, 5.41) is 12.4. The van der Waals surface area contributed by atoms with E-state index in [0.717, 1.165) is 0 Å². The summed E-state index contributed by atoms with van der Waals surface area (Å²) in [6, 6.07) is 10.7. The number of benzene rings is 2. The van der Waals surface area contributed by atoms with Gasteiger partial charge in [0.2, 0.25) is 10.0 Å². The van der Waals surface area contributed by atoms with Gasteiger partial charge in [-0.2, -0.15) is 5.10 Å². The molecule has 134 valence electrons. The molecule has 26 heavy (non-hydrogen) atoms. The maximum atomic E-state index is 12.7. The summed E-state index contributed by atoms with van der Waals surface area (Å²) in [5.74, 6) is -0.530. The van der Waals surface area contributed by atoms with Gasteiger partial charge in [-0.05, 0) is 58.4 Å². The third-order valence-electron chi connectivity index (χ3n) is 3.47. The number of nitrogens with two attached hydrogens (primary N) is 1. The summed E-state index contributed by atoms with van der Waals surface area (Å²) in [6.07, 6.45) is 3.32. The van der Waals surface area contributed by atoms with Crippen LogP contribution in [0, 0.1) is 0 Å².